The molecule has 0 N–H and O–H groups in total. The van der Waals surface area contributed by atoms with Gasteiger partial charge in [-0.25, -0.2) is 4.98 Å². The number of hydrogen-bond donors (Lipinski definition) is 0. The van der Waals surface area contributed by atoms with Gasteiger partial charge in [-0.05, 0) is 74.1 Å². The molecule has 6 heteroatoms. The van der Waals surface area contributed by atoms with E-state index in [1.807, 2.05) is 17.3 Å². The van der Waals surface area contributed by atoms with Crippen LogP contribution in [0, 0.1) is 19.8 Å². The van der Waals surface area contributed by atoms with Gasteiger partial charge in [0.25, 0.3) is 5.91 Å². The molecule has 3 aromatic rings. The van der Waals surface area contributed by atoms with Gasteiger partial charge in [-0.3, -0.25) is 4.79 Å². The zero-order valence-electron chi connectivity index (χ0n) is 16.1. The lowest BCUT2D eigenvalue weighted by Crippen LogP contribution is -2.39. The number of amides is 1. The van der Waals surface area contributed by atoms with Crippen molar-refractivity contribution < 1.29 is 4.79 Å². The number of rotatable bonds is 3. The molecular formula is C22H23BrClN3O. The monoisotopic (exact) mass is 459 g/mol. The van der Waals surface area contributed by atoms with Crippen molar-refractivity contribution in [3.8, 4) is 0 Å². The summed E-state index contributed by atoms with van der Waals surface area (Å²) in [6.45, 7) is 6.73. The molecule has 1 aromatic heterocycles. The van der Waals surface area contributed by atoms with Crippen LogP contribution in [0.4, 0.5) is 0 Å². The van der Waals surface area contributed by atoms with Crippen molar-refractivity contribution >= 4 is 44.5 Å². The van der Waals surface area contributed by atoms with Crippen LogP contribution in [0.25, 0.3) is 11.0 Å². The Morgan fingerprint density at radius 3 is 2.64 bits per heavy atom. The minimum Gasteiger partial charge on any atom is -0.339 e. The third-order valence-electron chi connectivity index (χ3n) is 5.75. The molecule has 0 spiro atoms. The summed E-state index contributed by atoms with van der Waals surface area (Å²) >= 11 is 9.66. The molecule has 2 heterocycles. The first-order valence-corrected chi connectivity index (χ1v) is 10.8. The van der Waals surface area contributed by atoms with Crippen LogP contribution in [0.3, 0.4) is 0 Å². The van der Waals surface area contributed by atoms with Gasteiger partial charge in [-0.1, -0.05) is 27.5 Å². The predicted octanol–water partition coefficient (Wildman–Crippen LogP) is 5.62. The molecule has 0 bridgehead atoms. The summed E-state index contributed by atoms with van der Waals surface area (Å²) in [5.74, 6) is 0.560. The number of carbonyl (C=O) groups is 1. The summed E-state index contributed by atoms with van der Waals surface area (Å²) in [5.41, 5.74) is 5.39. The average Bonchev–Trinajstić information content (AvgIpc) is 3.05. The zero-order chi connectivity index (χ0) is 19.8. The molecule has 0 atom stereocenters. The number of fused-ring (bicyclic) bond motifs is 1. The zero-order valence-corrected chi connectivity index (χ0v) is 18.4. The van der Waals surface area contributed by atoms with Crippen LogP contribution in [0.15, 0.2) is 41.1 Å². The van der Waals surface area contributed by atoms with Crippen LogP contribution in [-0.4, -0.2) is 33.4 Å². The smallest absolute Gasteiger partial charge is 0.255 e. The molecule has 1 aliphatic heterocycles. The van der Waals surface area contributed by atoms with E-state index in [9.17, 15) is 4.79 Å². The molecule has 4 rings (SSSR count). The number of piperidine rings is 1. The largest absolute Gasteiger partial charge is 0.339 e. The van der Waals surface area contributed by atoms with Crippen LogP contribution < -0.4 is 0 Å². The highest BCUT2D eigenvalue weighted by atomic mass is 79.9. The lowest BCUT2D eigenvalue weighted by atomic mass is 9.96. The second kappa shape index (κ2) is 7.88. The second-order valence-electron chi connectivity index (χ2n) is 7.68. The van der Waals surface area contributed by atoms with Gasteiger partial charge < -0.3 is 9.47 Å². The van der Waals surface area contributed by atoms with Crippen LogP contribution in [0.2, 0.25) is 5.02 Å². The third kappa shape index (κ3) is 3.83. The van der Waals surface area contributed by atoms with E-state index in [1.54, 1.807) is 12.1 Å². The average molecular weight is 461 g/mol. The van der Waals surface area contributed by atoms with Crippen molar-refractivity contribution in [2.45, 2.75) is 33.2 Å². The first-order valence-electron chi connectivity index (χ1n) is 9.59. The highest BCUT2D eigenvalue weighted by Crippen LogP contribution is 2.27. The van der Waals surface area contributed by atoms with Gasteiger partial charge in [-0.2, -0.15) is 0 Å². The van der Waals surface area contributed by atoms with Gasteiger partial charge in [0.2, 0.25) is 0 Å². The Labute approximate surface area is 178 Å². The SMILES string of the molecule is Cc1cc2ncn(CC3CCN(C(=O)c4cc(Br)ccc4Cl)CC3)c2cc1C. The lowest BCUT2D eigenvalue weighted by Gasteiger charge is -2.32. The Balaban J connectivity index is 1.43. The Hall–Kier alpha value is -1.85. The van der Waals surface area contributed by atoms with Crippen molar-refractivity contribution in [3.63, 3.8) is 0 Å². The van der Waals surface area contributed by atoms with Crippen molar-refractivity contribution in [1.29, 1.82) is 0 Å². The summed E-state index contributed by atoms with van der Waals surface area (Å²) < 4.78 is 3.13. The molecule has 1 amide bonds. The Morgan fingerprint density at radius 2 is 1.89 bits per heavy atom. The normalized spacial score (nSPS) is 15.4. The molecule has 4 nitrogen and oxygen atoms in total. The summed E-state index contributed by atoms with van der Waals surface area (Å²) in [6.07, 6.45) is 3.92. The van der Waals surface area contributed by atoms with Crippen LogP contribution in [0.5, 0.6) is 0 Å². The highest BCUT2D eigenvalue weighted by molar-refractivity contribution is 9.10. The number of aromatic nitrogens is 2. The van der Waals surface area contributed by atoms with E-state index in [1.165, 1.54) is 16.6 Å². The number of carbonyl (C=O) groups excluding carboxylic acids is 1. The summed E-state index contributed by atoms with van der Waals surface area (Å²) in [5, 5.41) is 0.505. The Bertz CT molecular complexity index is 1040. The Kier molecular flexibility index (Phi) is 5.48. The molecule has 0 saturated carbocycles. The summed E-state index contributed by atoms with van der Waals surface area (Å²) in [6, 6.07) is 9.80. The Morgan fingerprint density at radius 1 is 1.18 bits per heavy atom. The molecule has 1 fully saturated rings. The molecule has 0 aliphatic carbocycles. The van der Waals surface area contributed by atoms with Crippen LogP contribution >= 0.6 is 27.5 Å². The number of hydrogen-bond acceptors (Lipinski definition) is 2. The minimum atomic E-state index is 0.0175. The highest BCUT2D eigenvalue weighted by Gasteiger charge is 2.25. The van der Waals surface area contributed by atoms with Gasteiger partial charge in [0.1, 0.15) is 0 Å². The maximum absolute atomic E-state index is 12.8. The number of imidazole rings is 1. The lowest BCUT2D eigenvalue weighted by molar-refractivity contribution is 0.0683. The summed E-state index contributed by atoms with van der Waals surface area (Å²) in [7, 11) is 0. The molecule has 146 valence electrons. The van der Waals surface area contributed by atoms with Gasteiger partial charge in [0.15, 0.2) is 0 Å². The molecule has 1 aliphatic rings. The van der Waals surface area contributed by atoms with Gasteiger partial charge in [0, 0.05) is 24.1 Å². The number of nitrogens with zero attached hydrogens (tertiary/aromatic N) is 3. The topological polar surface area (TPSA) is 38.1 Å². The maximum Gasteiger partial charge on any atom is 0.255 e. The van der Waals surface area contributed by atoms with Gasteiger partial charge in [-0.15, -0.1) is 0 Å². The van der Waals surface area contributed by atoms with Crippen molar-refractivity contribution in [3.05, 3.63) is 62.8 Å². The predicted molar refractivity (Wildman–Crippen MR) is 117 cm³/mol. The standard InChI is InChI=1S/C22H23BrClN3O/c1-14-9-20-21(10-15(14)2)27(13-25-20)12-16-5-7-26(8-6-16)22(28)18-11-17(23)3-4-19(18)24/h3-4,9-11,13,16H,5-8,12H2,1-2H3. The van der Waals surface area contributed by atoms with E-state index in [-0.39, 0.29) is 5.91 Å². The summed E-state index contributed by atoms with van der Waals surface area (Å²) in [4.78, 5) is 19.3. The minimum absolute atomic E-state index is 0.0175. The second-order valence-corrected chi connectivity index (χ2v) is 9.00. The maximum atomic E-state index is 12.8. The number of aryl methyl sites for hydroxylation is 2. The first-order chi connectivity index (χ1) is 13.4. The number of benzene rings is 2. The third-order valence-corrected chi connectivity index (χ3v) is 6.57. The molecular weight excluding hydrogens is 438 g/mol. The van der Waals surface area contributed by atoms with Gasteiger partial charge in [0.05, 0.1) is 27.9 Å². The van der Waals surface area contributed by atoms with Crippen molar-refractivity contribution in [1.82, 2.24) is 14.5 Å². The van der Waals surface area contributed by atoms with E-state index in [0.717, 1.165) is 42.5 Å². The first kappa shape index (κ1) is 19.5. The fourth-order valence-corrected chi connectivity index (χ4v) is 4.45. The fourth-order valence-electron chi connectivity index (χ4n) is 3.89. The number of halogens is 2. The molecule has 28 heavy (non-hydrogen) atoms. The fraction of sp³-hybridized carbons (Fsp3) is 0.364. The molecule has 2 aromatic carbocycles. The van der Waals surface area contributed by atoms with Crippen LogP contribution in [0.1, 0.15) is 34.3 Å². The van der Waals surface area contributed by atoms with E-state index >= 15 is 0 Å². The van der Waals surface area contributed by atoms with E-state index in [4.69, 9.17) is 11.6 Å². The van der Waals surface area contributed by atoms with E-state index < -0.39 is 0 Å². The quantitative estimate of drug-likeness (QED) is 0.508. The molecule has 0 radical (unpaired) electrons. The van der Waals surface area contributed by atoms with E-state index in [2.05, 4.69) is 51.5 Å². The van der Waals surface area contributed by atoms with Crippen molar-refractivity contribution in [2.24, 2.45) is 5.92 Å². The molecule has 1 saturated heterocycles. The molecule has 0 unspecified atom stereocenters. The number of likely N-dealkylation sites (tertiary alicyclic amines) is 1. The van der Waals surface area contributed by atoms with E-state index in [0.29, 0.717) is 16.5 Å². The van der Waals surface area contributed by atoms with Gasteiger partial charge >= 0.3 is 0 Å². The van der Waals surface area contributed by atoms with Crippen molar-refractivity contribution in [2.75, 3.05) is 13.1 Å². The van der Waals surface area contributed by atoms with Crippen LogP contribution in [-0.2, 0) is 6.54 Å².